The number of benzene rings is 1. The quantitative estimate of drug-likeness (QED) is 0.931. The molecule has 0 saturated carbocycles. The Morgan fingerprint density at radius 2 is 1.86 bits per heavy atom. The summed E-state index contributed by atoms with van der Waals surface area (Å²) in [5.41, 5.74) is 0. The molecule has 114 valence electrons. The van der Waals surface area contributed by atoms with Crippen LogP contribution in [0.4, 0.5) is 9.18 Å². The zero-order chi connectivity index (χ0) is 15.0. The minimum atomic E-state index is -0.853. The fourth-order valence-electron chi connectivity index (χ4n) is 3.45. The number of fused-ring (bicyclic) bond motifs is 2. The smallest absolute Gasteiger partial charge is 0.407 e. The standard InChI is InChI=1S/C15H18FNO4/c1-20-12-4-9(16)5-13(8-12)21-14-6-10-2-3-11(7-14)17(10)15(18)19/h4-5,8,10-11,14H,2-3,6-7H2,1H3,(H,18,19)/t10-,11+,14+. The van der Waals surface area contributed by atoms with Gasteiger partial charge in [0.1, 0.15) is 23.4 Å². The molecule has 3 atom stereocenters. The highest BCUT2D eigenvalue weighted by Crippen LogP contribution is 2.37. The van der Waals surface area contributed by atoms with Crippen molar-refractivity contribution in [3.63, 3.8) is 0 Å². The van der Waals surface area contributed by atoms with Crippen molar-refractivity contribution in [3.05, 3.63) is 24.0 Å². The number of nitrogens with zero attached hydrogens (tertiary/aromatic N) is 1. The first-order valence-electron chi connectivity index (χ1n) is 7.09. The van der Waals surface area contributed by atoms with Gasteiger partial charge in [0.15, 0.2) is 0 Å². The molecule has 1 amide bonds. The fraction of sp³-hybridized carbons (Fsp3) is 0.533. The maximum atomic E-state index is 13.5. The molecule has 2 saturated heterocycles. The van der Waals surface area contributed by atoms with E-state index in [9.17, 15) is 14.3 Å². The second kappa shape index (κ2) is 5.42. The average molecular weight is 295 g/mol. The maximum absolute atomic E-state index is 13.5. The summed E-state index contributed by atoms with van der Waals surface area (Å²) in [4.78, 5) is 12.8. The van der Waals surface area contributed by atoms with Crippen molar-refractivity contribution in [1.82, 2.24) is 4.90 Å². The molecule has 1 aromatic carbocycles. The van der Waals surface area contributed by atoms with Gasteiger partial charge in [-0.25, -0.2) is 9.18 Å². The number of hydrogen-bond donors (Lipinski definition) is 1. The van der Waals surface area contributed by atoms with Gasteiger partial charge in [0, 0.05) is 43.1 Å². The summed E-state index contributed by atoms with van der Waals surface area (Å²) in [7, 11) is 1.48. The molecule has 21 heavy (non-hydrogen) atoms. The third kappa shape index (κ3) is 2.75. The molecule has 2 heterocycles. The maximum Gasteiger partial charge on any atom is 0.407 e. The van der Waals surface area contributed by atoms with E-state index in [2.05, 4.69) is 0 Å². The third-order valence-electron chi connectivity index (χ3n) is 4.29. The molecule has 2 bridgehead atoms. The first-order chi connectivity index (χ1) is 10.1. The van der Waals surface area contributed by atoms with Crippen LogP contribution in [0.5, 0.6) is 11.5 Å². The van der Waals surface area contributed by atoms with Gasteiger partial charge in [-0.3, -0.25) is 0 Å². The lowest BCUT2D eigenvalue weighted by atomic mass is 10.0. The number of piperidine rings is 1. The van der Waals surface area contributed by atoms with Crippen LogP contribution in [0.15, 0.2) is 18.2 Å². The van der Waals surface area contributed by atoms with Crippen LogP contribution in [0, 0.1) is 5.82 Å². The number of hydrogen-bond acceptors (Lipinski definition) is 3. The molecule has 5 nitrogen and oxygen atoms in total. The Labute approximate surface area is 122 Å². The molecule has 0 spiro atoms. The van der Waals surface area contributed by atoms with Crippen LogP contribution in [0.3, 0.4) is 0 Å². The average Bonchev–Trinajstić information content (AvgIpc) is 2.70. The van der Waals surface area contributed by atoms with Crippen LogP contribution < -0.4 is 9.47 Å². The molecular formula is C15H18FNO4. The lowest BCUT2D eigenvalue weighted by Gasteiger charge is -2.37. The second-order valence-electron chi connectivity index (χ2n) is 5.61. The van der Waals surface area contributed by atoms with Crippen LogP contribution in [0.25, 0.3) is 0 Å². The summed E-state index contributed by atoms with van der Waals surface area (Å²) in [6.07, 6.45) is 2.13. The van der Waals surface area contributed by atoms with Crippen molar-refractivity contribution in [1.29, 1.82) is 0 Å². The predicted molar refractivity (Wildman–Crippen MR) is 73.3 cm³/mol. The van der Waals surface area contributed by atoms with E-state index in [4.69, 9.17) is 9.47 Å². The highest BCUT2D eigenvalue weighted by Gasteiger charge is 2.44. The van der Waals surface area contributed by atoms with Gasteiger partial charge >= 0.3 is 6.09 Å². The number of carboxylic acid groups (broad SMARTS) is 1. The summed E-state index contributed by atoms with van der Waals surface area (Å²) in [5, 5.41) is 9.22. The van der Waals surface area contributed by atoms with Gasteiger partial charge in [-0.2, -0.15) is 0 Å². The largest absolute Gasteiger partial charge is 0.497 e. The monoisotopic (exact) mass is 295 g/mol. The van der Waals surface area contributed by atoms with Crippen LogP contribution >= 0.6 is 0 Å². The minimum absolute atomic E-state index is 0.0155. The molecule has 2 fully saturated rings. The fourth-order valence-corrected chi connectivity index (χ4v) is 3.45. The van der Waals surface area contributed by atoms with Crippen molar-refractivity contribution in [3.8, 4) is 11.5 Å². The van der Waals surface area contributed by atoms with E-state index in [1.165, 1.54) is 19.2 Å². The molecule has 0 aromatic heterocycles. The van der Waals surface area contributed by atoms with Gasteiger partial charge in [0.2, 0.25) is 0 Å². The summed E-state index contributed by atoms with van der Waals surface area (Å²) in [6.45, 7) is 0. The van der Waals surface area contributed by atoms with Crippen LogP contribution in [-0.2, 0) is 0 Å². The number of methoxy groups -OCH3 is 1. The van der Waals surface area contributed by atoms with Crippen LogP contribution in [0.2, 0.25) is 0 Å². The van der Waals surface area contributed by atoms with E-state index in [1.807, 2.05) is 0 Å². The SMILES string of the molecule is COc1cc(F)cc(O[C@H]2C[C@H]3CC[C@@H](C2)N3C(=O)O)c1. The van der Waals surface area contributed by atoms with Gasteiger partial charge in [-0.1, -0.05) is 0 Å². The van der Waals surface area contributed by atoms with Crippen molar-refractivity contribution in [2.45, 2.75) is 43.9 Å². The molecular weight excluding hydrogens is 277 g/mol. The Morgan fingerprint density at radius 3 is 2.43 bits per heavy atom. The number of amides is 1. The normalized spacial score (nSPS) is 27.5. The van der Waals surface area contributed by atoms with E-state index in [0.717, 1.165) is 12.8 Å². The number of rotatable bonds is 3. The van der Waals surface area contributed by atoms with Crippen LogP contribution in [-0.4, -0.2) is 41.4 Å². The number of halogens is 1. The predicted octanol–water partition coefficient (Wildman–Crippen LogP) is 2.89. The number of ether oxygens (including phenoxy) is 2. The third-order valence-corrected chi connectivity index (χ3v) is 4.29. The van der Waals surface area contributed by atoms with E-state index < -0.39 is 11.9 Å². The molecule has 3 rings (SSSR count). The van der Waals surface area contributed by atoms with Gasteiger partial charge in [0.25, 0.3) is 0 Å². The first kappa shape index (κ1) is 14.0. The Bertz CT molecular complexity index is 536. The van der Waals surface area contributed by atoms with E-state index in [-0.39, 0.29) is 18.2 Å². The lowest BCUT2D eigenvalue weighted by molar-refractivity contribution is 0.0494. The Kier molecular flexibility index (Phi) is 3.61. The summed E-state index contributed by atoms with van der Waals surface area (Å²) >= 11 is 0. The molecule has 1 aromatic rings. The molecule has 2 aliphatic rings. The van der Waals surface area contributed by atoms with Gasteiger partial charge in [-0.15, -0.1) is 0 Å². The Morgan fingerprint density at radius 1 is 1.24 bits per heavy atom. The van der Waals surface area contributed by atoms with E-state index in [0.29, 0.717) is 24.3 Å². The summed E-state index contributed by atoms with van der Waals surface area (Å²) in [6, 6.07) is 4.30. The highest BCUT2D eigenvalue weighted by atomic mass is 19.1. The molecule has 0 radical (unpaired) electrons. The Balaban J connectivity index is 1.70. The van der Waals surface area contributed by atoms with Gasteiger partial charge < -0.3 is 19.5 Å². The lowest BCUT2D eigenvalue weighted by Crippen LogP contribution is -2.48. The van der Waals surface area contributed by atoms with Crippen LogP contribution in [0.1, 0.15) is 25.7 Å². The molecule has 0 aliphatic carbocycles. The summed E-state index contributed by atoms with van der Waals surface area (Å²) in [5.74, 6) is 0.436. The number of carbonyl (C=O) groups is 1. The second-order valence-corrected chi connectivity index (χ2v) is 5.61. The topological polar surface area (TPSA) is 59.0 Å². The van der Waals surface area contributed by atoms with Crippen molar-refractivity contribution >= 4 is 6.09 Å². The summed E-state index contributed by atoms with van der Waals surface area (Å²) < 4.78 is 24.3. The first-order valence-corrected chi connectivity index (χ1v) is 7.09. The molecule has 2 aliphatic heterocycles. The zero-order valence-electron chi connectivity index (χ0n) is 11.8. The van der Waals surface area contributed by atoms with Crippen molar-refractivity contribution < 1.29 is 23.8 Å². The highest BCUT2D eigenvalue weighted by molar-refractivity contribution is 5.66. The van der Waals surface area contributed by atoms with Crippen molar-refractivity contribution in [2.75, 3.05) is 7.11 Å². The van der Waals surface area contributed by atoms with Gasteiger partial charge in [0.05, 0.1) is 7.11 Å². The molecule has 1 N–H and O–H groups in total. The van der Waals surface area contributed by atoms with Crippen molar-refractivity contribution in [2.24, 2.45) is 0 Å². The molecule has 6 heteroatoms. The van der Waals surface area contributed by atoms with E-state index >= 15 is 0 Å². The minimum Gasteiger partial charge on any atom is -0.497 e. The van der Waals surface area contributed by atoms with E-state index in [1.54, 1.807) is 11.0 Å². The zero-order valence-corrected chi connectivity index (χ0v) is 11.8. The van der Waals surface area contributed by atoms with Gasteiger partial charge in [-0.05, 0) is 12.8 Å². The Hall–Kier alpha value is -1.98. The molecule has 0 unspecified atom stereocenters.